The lowest BCUT2D eigenvalue weighted by atomic mass is 10.4. The smallest absolute Gasteiger partial charge is 0.243 e. The summed E-state index contributed by atoms with van der Waals surface area (Å²) in [6, 6.07) is 2.54. The molecule has 0 saturated heterocycles. The van der Waals surface area contributed by atoms with E-state index in [1.165, 1.54) is 12.1 Å². The Morgan fingerprint density at radius 2 is 1.83 bits per heavy atom. The second-order valence-electron chi connectivity index (χ2n) is 3.46. The number of nitrogens with one attached hydrogen (secondary N) is 1. The monoisotopic (exact) mass is 396 g/mol. The van der Waals surface area contributed by atoms with Crippen LogP contribution in [0.5, 0.6) is 0 Å². The van der Waals surface area contributed by atoms with Crippen LogP contribution in [0.3, 0.4) is 0 Å². The highest BCUT2D eigenvalue weighted by Crippen LogP contribution is 2.32. The number of hydrogen-bond donors (Lipinski definition) is 2. The van der Waals surface area contributed by atoms with Crippen LogP contribution in [0.1, 0.15) is 6.92 Å². The van der Waals surface area contributed by atoms with Crippen molar-refractivity contribution >= 4 is 61.6 Å². The number of rotatable bonds is 4. The third kappa shape index (κ3) is 4.52. The molecule has 1 aromatic rings. The van der Waals surface area contributed by atoms with Gasteiger partial charge in [-0.2, -0.15) is 0 Å². The van der Waals surface area contributed by atoms with Crippen molar-refractivity contribution in [2.75, 3.05) is 6.54 Å². The van der Waals surface area contributed by atoms with Crippen molar-refractivity contribution in [1.29, 1.82) is 0 Å². The molecule has 4 nitrogen and oxygen atoms in total. The topological polar surface area (TPSA) is 72.2 Å². The normalized spacial score (nSPS) is 12.9. The summed E-state index contributed by atoms with van der Waals surface area (Å²) in [4.78, 5) is -0.135. The molecule has 104 valence electrons. The van der Waals surface area contributed by atoms with Crippen LogP contribution in [0.2, 0.25) is 10.0 Å². The zero-order valence-electron chi connectivity index (χ0n) is 9.28. The van der Waals surface area contributed by atoms with Gasteiger partial charge in [-0.3, -0.25) is 0 Å². The summed E-state index contributed by atoms with van der Waals surface area (Å²) < 4.78 is 27.0. The van der Waals surface area contributed by atoms with Crippen LogP contribution in [0, 0.1) is 0 Å². The van der Waals surface area contributed by atoms with E-state index in [1.54, 1.807) is 6.92 Å². The van der Waals surface area contributed by atoms with Crippen LogP contribution in [-0.4, -0.2) is 21.0 Å². The van der Waals surface area contributed by atoms with Gasteiger partial charge in [0.25, 0.3) is 0 Å². The lowest BCUT2D eigenvalue weighted by molar-refractivity contribution is 0.563. The van der Waals surface area contributed by atoms with Gasteiger partial charge in [-0.25, -0.2) is 13.1 Å². The van der Waals surface area contributed by atoms with Crippen molar-refractivity contribution in [2.45, 2.75) is 17.9 Å². The fourth-order valence-electron chi connectivity index (χ4n) is 1.16. The largest absolute Gasteiger partial charge is 0.329 e. The maximum absolute atomic E-state index is 12.0. The molecule has 1 rings (SSSR count). The average Bonchev–Trinajstić information content (AvgIpc) is 2.14. The summed E-state index contributed by atoms with van der Waals surface area (Å²) >= 11 is 14.9. The van der Waals surface area contributed by atoms with Crippen molar-refractivity contribution in [1.82, 2.24) is 4.72 Å². The molecule has 0 aliphatic rings. The molecular weight excluding hydrogens is 386 g/mol. The summed E-state index contributed by atoms with van der Waals surface area (Å²) in [5.41, 5.74) is 5.36. The third-order valence-corrected chi connectivity index (χ3v) is 4.91. The molecule has 0 spiro atoms. The minimum absolute atomic E-state index is 0. The number of halogens is 4. The van der Waals surface area contributed by atoms with E-state index in [2.05, 4.69) is 20.7 Å². The van der Waals surface area contributed by atoms with Crippen molar-refractivity contribution in [3.8, 4) is 0 Å². The van der Waals surface area contributed by atoms with Crippen molar-refractivity contribution in [3.05, 3.63) is 26.7 Å². The van der Waals surface area contributed by atoms with Gasteiger partial charge in [0.15, 0.2) is 0 Å². The fourth-order valence-corrected chi connectivity index (χ4v) is 4.35. The molecule has 0 aromatic heterocycles. The Morgan fingerprint density at radius 1 is 1.39 bits per heavy atom. The third-order valence-electron chi connectivity index (χ3n) is 1.94. The van der Waals surface area contributed by atoms with Gasteiger partial charge in [0, 0.05) is 17.1 Å². The molecule has 0 fully saturated rings. The Morgan fingerprint density at radius 3 is 2.22 bits per heavy atom. The van der Waals surface area contributed by atoms with E-state index < -0.39 is 16.1 Å². The highest BCUT2D eigenvalue weighted by atomic mass is 79.9. The van der Waals surface area contributed by atoms with Crippen LogP contribution in [0.25, 0.3) is 0 Å². The second-order valence-corrected chi connectivity index (χ2v) is 6.84. The van der Waals surface area contributed by atoms with E-state index in [-0.39, 0.29) is 33.9 Å². The van der Waals surface area contributed by atoms with Gasteiger partial charge in [-0.15, -0.1) is 12.4 Å². The Labute approximate surface area is 131 Å². The highest BCUT2D eigenvalue weighted by Gasteiger charge is 2.23. The summed E-state index contributed by atoms with van der Waals surface area (Å²) in [6.07, 6.45) is 0. The molecule has 1 atom stereocenters. The lowest BCUT2D eigenvalue weighted by Gasteiger charge is -2.14. The molecule has 0 saturated carbocycles. The molecule has 0 aliphatic heterocycles. The quantitative estimate of drug-likeness (QED) is 0.819. The maximum Gasteiger partial charge on any atom is 0.243 e. The predicted octanol–water partition coefficient (Wildman–Crippen LogP) is 2.80. The van der Waals surface area contributed by atoms with E-state index in [4.69, 9.17) is 28.9 Å². The highest BCUT2D eigenvalue weighted by molar-refractivity contribution is 9.10. The Bertz CT molecular complexity index is 502. The molecule has 3 N–H and O–H groups in total. The van der Waals surface area contributed by atoms with Gasteiger partial charge in [0.05, 0.1) is 10.0 Å². The van der Waals surface area contributed by atoms with Gasteiger partial charge in [-0.05, 0) is 19.1 Å². The molecule has 9 heteroatoms. The number of nitrogens with two attached hydrogens (primary N) is 1. The van der Waals surface area contributed by atoms with Gasteiger partial charge in [0.2, 0.25) is 10.0 Å². The molecule has 0 heterocycles. The Balaban J connectivity index is 0.00000289. The molecule has 0 bridgehead atoms. The summed E-state index contributed by atoms with van der Waals surface area (Å²) in [7, 11) is -3.76. The molecule has 0 amide bonds. The molecular formula is C9H12BrCl3N2O2S. The van der Waals surface area contributed by atoms with Gasteiger partial charge < -0.3 is 5.73 Å². The maximum atomic E-state index is 12.0. The SMILES string of the molecule is C[C@@H](CN)NS(=O)(=O)c1c(Cl)cc(Br)cc1Cl.Cl. The zero-order valence-corrected chi connectivity index (χ0v) is 14.0. The van der Waals surface area contributed by atoms with Crippen molar-refractivity contribution in [2.24, 2.45) is 5.73 Å². The number of benzene rings is 1. The standard InChI is InChI=1S/C9H11BrCl2N2O2S.ClH/c1-5(4-13)14-17(15,16)9-7(11)2-6(10)3-8(9)12;/h2-3,5,14H,4,13H2,1H3;1H/t5-;/m0./s1. The van der Waals surface area contributed by atoms with Crippen LogP contribution < -0.4 is 10.5 Å². The summed E-state index contributed by atoms with van der Waals surface area (Å²) in [5, 5.41) is 0.113. The molecule has 0 radical (unpaired) electrons. The van der Waals surface area contributed by atoms with E-state index in [0.29, 0.717) is 4.47 Å². The first kappa shape index (κ1) is 18.4. The van der Waals surface area contributed by atoms with Crippen molar-refractivity contribution in [3.63, 3.8) is 0 Å². The van der Waals surface area contributed by atoms with E-state index in [1.807, 2.05) is 0 Å². The molecule has 1 aromatic carbocycles. The van der Waals surface area contributed by atoms with Crippen LogP contribution in [0.4, 0.5) is 0 Å². The first-order valence-corrected chi connectivity index (χ1v) is 7.68. The fraction of sp³-hybridized carbons (Fsp3) is 0.333. The van der Waals surface area contributed by atoms with Gasteiger partial charge >= 0.3 is 0 Å². The predicted molar refractivity (Wildman–Crippen MR) is 80.2 cm³/mol. The minimum atomic E-state index is -3.76. The first-order valence-electron chi connectivity index (χ1n) is 4.65. The van der Waals surface area contributed by atoms with Crippen LogP contribution in [-0.2, 0) is 10.0 Å². The minimum Gasteiger partial charge on any atom is -0.329 e. The number of hydrogen-bond acceptors (Lipinski definition) is 3. The molecule has 0 unspecified atom stereocenters. The summed E-state index contributed by atoms with van der Waals surface area (Å²) in [6.45, 7) is 1.84. The van der Waals surface area contributed by atoms with E-state index in [9.17, 15) is 8.42 Å². The average molecular weight is 399 g/mol. The van der Waals surface area contributed by atoms with E-state index >= 15 is 0 Å². The lowest BCUT2D eigenvalue weighted by Crippen LogP contribution is -2.38. The van der Waals surface area contributed by atoms with Crippen molar-refractivity contribution < 1.29 is 8.42 Å². The zero-order chi connectivity index (χ0) is 13.2. The van der Waals surface area contributed by atoms with Gasteiger partial charge in [-0.1, -0.05) is 39.1 Å². The Hall–Kier alpha value is 0.440. The Kier molecular flexibility index (Phi) is 7.46. The van der Waals surface area contributed by atoms with Crippen LogP contribution >= 0.6 is 51.5 Å². The summed E-state index contributed by atoms with van der Waals surface area (Å²) in [5.74, 6) is 0. The first-order chi connectivity index (χ1) is 7.77. The van der Waals surface area contributed by atoms with Crippen LogP contribution in [0.15, 0.2) is 21.5 Å². The van der Waals surface area contributed by atoms with E-state index in [0.717, 1.165) is 0 Å². The molecule has 0 aliphatic carbocycles. The number of sulfonamides is 1. The molecule has 18 heavy (non-hydrogen) atoms. The second kappa shape index (κ2) is 7.28. The van der Waals surface area contributed by atoms with Gasteiger partial charge in [0.1, 0.15) is 4.90 Å².